The first-order chi connectivity index (χ1) is 13.7. The molecule has 0 saturated carbocycles. The second-order valence-electron chi connectivity index (χ2n) is 5.42. The molecule has 31 heavy (non-hydrogen) atoms. The molecule has 7 nitrogen and oxygen atoms in total. The van der Waals surface area contributed by atoms with Crippen LogP contribution in [0.15, 0.2) is 0 Å². The van der Waals surface area contributed by atoms with E-state index in [1.807, 2.05) is 0 Å². The van der Waals surface area contributed by atoms with Crippen molar-refractivity contribution in [1.82, 2.24) is 5.32 Å². The normalized spacial score (nSPS) is 14.6. The highest BCUT2D eigenvalue weighted by Gasteiger charge is 2.73. The summed E-state index contributed by atoms with van der Waals surface area (Å²) in [7, 11) is 0.355. The Hall–Kier alpha value is -1.28. The van der Waals surface area contributed by atoms with Crippen molar-refractivity contribution in [2.75, 3.05) is 27.9 Å². The fourth-order valence-electron chi connectivity index (χ4n) is 1.71. The van der Waals surface area contributed by atoms with E-state index >= 15 is 0 Å². The topological polar surface area (TPSA) is 75.3 Å². The first kappa shape index (κ1) is 29.7. The van der Waals surface area contributed by atoms with E-state index in [1.165, 1.54) is 26.6 Å². The van der Waals surface area contributed by atoms with Crippen LogP contribution in [0.3, 0.4) is 0 Å². The van der Waals surface area contributed by atoms with Gasteiger partial charge in [0.1, 0.15) is 0 Å². The summed E-state index contributed by atoms with van der Waals surface area (Å²) >= 11 is 0. The summed E-state index contributed by atoms with van der Waals surface area (Å²) in [5, 5.41) is 1.31. The molecule has 0 saturated heterocycles. The van der Waals surface area contributed by atoms with E-state index in [2.05, 4.69) is 4.74 Å². The van der Waals surface area contributed by atoms with E-state index in [-0.39, 0.29) is 12.5 Å². The molecule has 0 aromatic carbocycles. The third-order valence-electron chi connectivity index (χ3n) is 3.32. The molecular weight excluding hydrogens is 491 g/mol. The summed E-state index contributed by atoms with van der Waals surface area (Å²) in [6, 6.07) is -0.0855. The number of nitrogens with one attached hydrogen (secondary N) is 1. The van der Waals surface area contributed by atoms with Gasteiger partial charge in [-0.2, -0.15) is 48.3 Å². The average Bonchev–Trinajstić information content (AvgIpc) is 2.59. The molecular formula is C12H16F11NO6Si. The summed E-state index contributed by atoms with van der Waals surface area (Å²) in [6.07, 6.45) is -33.5. The Balaban J connectivity index is 5.09. The van der Waals surface area contributed by atoms with Gasteiger partial charge < -0.3 is 18.6 Å². The van der Waals surface area contributed by atoms with E-state index in [9.17, 15) is 53.1 Å². The summed E-state index contributed by atoms with van der Waals surface area (Å²) in [5.41, 5.74) is 0. The lowest BCUT2D eigenvalue weighted by Gasteiger charge is -2.31. The minimum absolute atomic E-state index is 0.0855. The largest absolute Gasteiger partial charge is 0.500 e. The van der Waals surface area contributed by atoms with Gasteiger partial charge >= 0.3 is 45.3 Å². The van der Waals surface area contributed by atoms with Crippen LogP contribution in [-0.4, -0.2) is 73.2 Å². The Morgan fingerprint density at radius 3 is 1.55 bits per heavy atom. The minimum Gasteiger partial charge on any atom is -0.377 e. The summed E-state index contributed by atoms with van der Waals surface area (Å²) in [4.78, 5) is 11.2. The molecule has 0 aliphatic heterocycles. The SMILES string of the molecule is CO[Si](CCCNC(=O)C(F)(F)OC(F)(F)C(F)(F)OC(F)(F)C(F)(F)F)(OC)OC. The highest BCUT2D eigenvalue weighted by Crippen LogP contribution is 2.47. The predicted molar refractivity (Wildman–Crippen MR) is 77.2 cm³/mol. The molecule has 1 amide bonds. The first-order valence-corrected chi connectivity index (χ1v) is 9.58. The van der Waals surface area contributed by atoms with Gasteiger partial charge in [0, 0.05) is 33.9 Å². The second kappa shape index (κ2) is 10.1. The molecule has 0 rings (SSSR count). The molecule has 0 spiro atoms. The standard InChI is InChI=1S/C12H16F11NO6Si/c1-26-31(27-2,28-3)6-4-5-24-7(25)8(13,14)29-11(20,21)12(22,23)30-10(18,19)9(15,16)17/h4-6H2,1-3H3,(H,24,25). The van der Waals surface area contributed by atoms with E-state index in [4.69, 9.17) is 13.3 Å². The van der Waals surface area contributed by atoms with Gasteiger partial charge in [-0.15, -0.1) is 0 Å². The van der Waals surface area contributed by atoms with Crippen molar-refractivity contribution in [3.8, 4) is 0 Å². The highest BCUT2D eigenvalue weighted by atomic mass is 28.4. The van der Waals surface area contributed by atoms with Gasteiger partial charge in [0.15, 0.2) is 0 Å². The lowest BCUT2D eigenvalue weighted by atomic mass is 10.4. The zero-order chi connectivity index (χ0) is 24.9. The lowest BCUT2D eigenvalue weighted by Crippen LogP contribution is -2.57. The van der Waals surface area contributed by atoms with Crippen LogP contribution in [0.5, 0.6) is 0 Å². The van der Waals surface area contributed by atoms with Crippen molar-refractivity contribution in [3.05, 3.63) is 0 Å². The van der Waals surface area contributed by atoms with Gasteiger partial charge in [0.25, 0.3) is 0 Å². The van der Waals surface area contributed by atoms with Crippen LogP contribution < -0.4 is 5.32 Å². The lowest BCUT2D eigenvalue weighted by molar-refractivity contribution is -0.532. The number of amides is 1. The molecule has 0 aromatic rings. The number of halogens is 11. The fourth-order valence-corrected chi connectivity index (χ4v) is 3.43. The summed E-state index contributed by atoms with van der Waals surface area (Å²) in [6.45, 7) is -0.701. The maximum absolute atomic E-state index is 13.4. The van der Waals surface area contributed by atoms with Crippen molar-refractivity contribution >= 4 is 14.7 Å². The molecule has 1 N–H and O–H groups in total. The van der Waals surface area contributed by atoms with Crippen LogP contribution in [0, 0.1) is 0 Å². The zero-order valence-electron chi connectivity index (χ0n) is 15.7. The second-order valence-corrected chi connectivity index (χ2v) is 8.51. The number of rotatable bonds is 13. The van der Waals surface area contributed by atoms with E-state index < -0.39 is 51.9 Å². The third kappa shape index (κ3) is 7.66. The quantitative estimate of drug-likeness (QED) is 0.234. The van der Waals surface area contributed by atoms with Gasteiger partial charge in [0.2, 0.25) is 0 Å². The van der Waals surface area contributed by atoms with E-state index in [0.717, 1.165) is 0 Å². The smallest absolute Gasteiger partial charge is 0.377 e. The fraction of sp³-hybridized carbons (Fsp3) is 0.917. The van der Waals surface area contributed by atoms with E-state index in [0.29, 0.717) is 0 Å². The molecule has 0 heterocycles. The van der Waals surface area contributed by atoms with Gasteiger partial charge in [-0.05, 0) is 6.42 Å². The van der Waals surface area contributed by atoms with Gasteiger partial charge in [-0.25, -0.2) is 9.47 Å². The number of carbonyl (C=O) groups excluding carboxylic acids is 1. The summed E-state index contributed by atoms with van der Waals surface area (Å²) in [5.74, 6) is -2.73. The van der Waals surface area contributed by atoms with Crippen LogP contribution in [-0.2, 0) is 27.5 Å². The van der Waals surface area contributed by atoms with Crippen LogP contribution in [0.25, 0.3) is 0 Å². The van der Waals surface area contributed by atoms with Crippen LogP contribution >= 0.6 is 0 Å². The number of alkyl halides is 11. The molecule has 186 valence electrons. The van der Waals surface area contributed by atoms with Crippen LogP contribution in [0.1, 0.15) is 6.42 Å². The monoisotopic (exact) mass is 507 g/mol. The first-order valence-electron chi connectivity index (χ1n) is 7.64. The Labute approximate surface area is 168 Å². The molecule has 0 aromatic heterocycles. The van der Waals surface area contributed by atoms with E-state index in [1.54, 1.807) is 4.74 Å². The Kier molecular flexibility index (Phi) is 9.69. The van der Waals surface area contributed by atoms with Gasteiger partial charge in [0.05, 0.1) is 0 Å². The van der Waals surface area contributed by atoms with Crippen molar-refractivity contribution in [2.24, 2.45) is 0 Å². The molecule has 19 heteroatoms. The van der Waals surface area contributed by atoms with Crippen molar-refractivity contribution in [3.63, 3.8) is 0 Å². The molecule has 0 radical (unpaired) electrons. The van der Waals surface area contributed by atoms with Crippen molar-refractivity contribution in [2.45, 2.75) is 43.1 Å². The van der Waals surface area contributed by atoms with Crippen molar-refractivity contribution < 1.29 is 75.8 Å². The summed E-state index contributed by atoms with van der Waals surface area (Å²) < 4.78 is 158. The molecule has 0 fully saturated rings. The predicted octanol–water partition coefficient (Wildman–Crippen LogP) is 3.34. The Morgan fingerprint density at radius 1 is 0.742 bits per heavy atom. The van der Waals surface area contributed by atoms with Gasteiger partial charge in [-0.1, -0.05) is 0 Å². The maximum atomic E-state index is 13.4. The molecule has 0 unspecified atom stereocenters. The van der Waals surface area contributed by atoms with Crippen LogP contribution in [0.2, 0.25) is 6.04 Å². The molecule has 0 atom stereocenters. The number of carbonyl (C=O) groups is 1. The number of hydrogen-bond acceptors (Lipinski definition) is 6. The Bertz CT molecular complexity index is 592. The number of ether oxygens (including phenoxy) is 2. The third-order valence-corrected chi connectivity index (χ3v) is 6.16. The van der Waals surface area contributed by atoms with Gasteiger partial charge in [-0.3, -0.25) is 4.79 Å². The minimum atomic E-state index is -6.92. The number of hydrogen-bond donors (Lipinski definition) is 1. The molecule has 0 aliphatic carbocycles. The zero-order valence-corrected chi connectivity index (χ0v) is 16.7. The molecule has 0 aliphatic rings. The van der Waals surface area contributed by atoms with Crippen molar-refractivity contribution in [1.29, 1.82) is 0 Å². The molecule has 0 bridgehead atoms. The maximum Gasteiger partial charge on any atom is 0.500 e. The average molecular weight is 507 g/mol. The highest BCUT2D eigenvalue weighted by molar-refractivity contribution is 6.60. The Morgan fingerprint density at radius 2 is 1.16 bits per heavy atom. The van der Waals surface area contributed by atoms with Crippen LogP contribution in [0.4, 0.5) is 48.3 Å².